The van der Waals surface area contributed by atoms with Crippen molar-refractivity contribution < 1.29 is 4.39 Å². The Morgan fingerprint density at radius 1 is 1.23 bits per heavy atom. The van der Waals surface area contributed by atoms with Crippen LogP contribution >= 0.6 is 35.6 Å². The second-order valence-corrected chi connectivity index (χ2v) is 8.78. The summed E-state index contributed by atoms with van der Waals surface area (Å²) in [5.41, 5.74) is 0.564. The Morgan fingerprint density at radius 3 is 2.77 bits per heavy atom. The van der Waals surface area contributed by atoms with E-state index in [2.05, 4.69) is 39.2 Å². The first-order chi connectivity index (χ1) is 14.4. The first-order valence-electron chi connectivity index (χ1n) is 10.8. The number of guanidine groups is 1. The van der Waals surface area contributed by atoms with Gasteiger partial charge in [-0.3, -0.25) is 4.99 Å². The summed E-state index contributed by atoms with van der Waals surface area (Å²) >= 11 is 6.27. The molecule has 0 fully saturated rings. The fraction of sp³-hybridized carbons (Fsp3) is 0.591. The molecule has 0 saturated heterocycles. The molecule has 0 unspecified atom stereocenters. The first kappa shape index (κ1) is 25.8. The van der Waals surface area contributed by atoms with E-state index in [4.69, 9.17) is 16.6 Å². The molecule has 2 N–H and O–H groups in total. The summed E-state index contributed by atoms with van der Waals surface area (Å²) < 4.78 is 15.7. The van der Waals surface area contributed by atoms with Crippen LogP contribution in [0.15, 0.2) is 23.2 Å². The molecule has 0 bridgehead atoms. The number of nitrogens with one attached hydrogen (secondary N) is 2. The van der Waals surface area contributed by atoms with Crippen molar-refractivity contribution in [3.63, 3.8) is 0 Å². The SMILES string of the molecule is CCNC(=NCC(C)(C)c1ccc(F)cc1Cl)NCCc1nnc2n1CCCCC2.I. The van der Waals surface area contributed by atoms with E-state index >= 15 is 0 Å². The largest absolute Gasteiger partial charge is 0.357 e. The number of fused-ring (bicyclic) bond motifs is 1. The number of rotatable bonds is 7. The Balaban J connectivity index is 0.00000341. The second-order valence-electron chi connectivity index (χ2n) is 8.37. The molecular formula is C22H33ClFIN6. The summed E-state index contributed by atoms with van der Waals surface area (Å²) in [7, 11) is 0. The summed E-state index contributed by atoms with van der Waals surface area (Å²) in [6.07, 6.45) is 5.46. The molecule has 9 heteroatoms. The molecule has 31 heavy (non-hydrogen) atoms. The Labute approximate surface area is 206 Å². The van der Waals surface area contributed by atoms with Gasteiger partial charge >= 0.3 is 0 Å². The van der Waals surface area contributed by atoms with Crippen molar-refractivity contribution in [1.82, 2.24) is 25.4 Å². The molecule has 0 radical (unpaired) electrons. The van der Waals surface area contributed by atoms with E-state index in [1.807, 2.05) is 6.92 Å². The molecule has 1 aliphatic rings. The van der Waals surface area contributed by atoms with Crippen molar-refractivity contribution in [1.29, 1.82) is 0 Å². The number of benzene rings is 1. The number of hydrogen-bond acceptors (Lipinski definition) is 3. The Morgan fingerprint density at radius 2 is 2.03 bits per heavy atom. The minimum Gasteiger partial charge on any atom is -0.357 e. The number of aromatic nitrogens is 3. The van der Waals surface area contributed by atoms with Crippen LogP contribution in [0.2, 0.25) is 5.02 Å². The predicted molar refractivity (Wildman–Crippen MR) is 135 cm³/mol. The van der Waals surface area contributed by atoms with Crippen LogP contribution in [0, 0.1) is 5.82 Å². The molecule has 1 aromatic heterocycles. The van der Waals surface area contributed by atoms with Crippen molar-refractivity contribution in [3.05, 3.63) is 46.3 Å². The lowest BCUT2D eigenvalue weighted by molar-refractivity contribution is 0.534. The number of nitrogens with zero attached hydrogens (tertiary/aromatic N) is 4. The van der Waals surface area contributed by atoms with Gasteiger partial charge in [0.05, 0.1) is 6.54 Å². The Kier molecular flexibility index (Phi) is 9.99. The molecule has 6 nitrogen and oxygen atoms in total. The Hall–Kier alpha value is -1.42. The maximum Gasteiger partial charge on any atom is 0.191 e. The van der Waals surface area contributed by atoms with Gasteiger partial charge in [-0.05, 0) is 37.5 Å². The maximum atomic E-state index is 13.4. The third-order valence-electron chi connectivity index (χ3n) is 5.46. The molecule has 2 aromatic rings. The summed E-state index contributed by atoms with van der Waals surface area (Å²) in [5.74, 6) is 2.57. The lowest BCUT2D eigenvalue weighted by Gasteiger charge is -2.25. The normalized spacial score (nSPS) is 14.4. The zero-order valence-electron chi connectivity index (χ0n) is 18.5. The van der Waals surface area contributed by atoms with Crippen molar-refractivity contribution in [2.75, 3.05) is 19.6 Å². The van der Waals surface area contributed by atoms with Gasteiger partial charge < -0.3 is 15.2 Å². The Bertz CT molecular complexity index is 883. The van der Waals surface area contributed by atoms with Gasteiger partial charge in [-0.15, -0.1) is 34.2 Å². The van der Waals surface area contributed by atoms with E-state index in [1.165, 1.54) is 31.4 Å². The highest BCUT2D eigenvalue weighted by Gasteiger charge is 2.23. The third kappa shape index (κ3) is 7.03. The van der Waals surface area contributed by atoms with E-state index in [-0.39, 0.29) is 35.2 Å². The topological polar surface area (TPSA) is 67.1 Å². The average molecular weight is 563 g/mol. The van der Waals surface area contributed by atoms with Gasteiger partial charge in [0.25, 0.3) is 0 Å². The van der Waals surface area contributed by atoms with Crippen LogP contribution < -0.4 is 10.6 Å². The summed E-state index contributed by atoms with van der Waals surface area (Å²) in [6.45, 7) is 9.19. The second kappa shape index (κ2) is 12.0. The fourth-order valence-corrected chi connectivity index (χ4v) is 4.19. The van der Waals surface area contributed by atoms with E-state index in [9.17, 15) is 4.39 Å². The summed E-state index contributed by atoms with van der Waals surface area (Å²) in [5, 5.41) is 15.9. The number of aliphatic imine (C=N–C) groups is 1. The van der Waals surface area contributed by atoms with Crippen LogP contribution in [0.1, 0.15) is 57.2 Å². The highest BCUT2D eigenvalue weighted by molar-refractivity contribution is 14.0. The van der Waals surface area contributed by atoms with Crippen molar-refractivity contribution in [2.24, 2.45) is 4.99 Å². The molecule has 0 aliphatic carbocycles. The van der Waals surface area contributed by atoms with Crippen LogP contribution in [0.25, 0.3) is 0 Å². The van der Waals surface area contributed by atoms with Crippen LogP contribution in [0.5, 0.6) is 0 Å². The highest BCUT2D eigenvalue weighted by atomic mass is 127. The zero-order valence-corrected chi connectivity index (χ0v) is 21.6. The summed E-state index contributed by atoms with van der Waals surface area (Å²) in [6, 6.07) is 4.54. The molecule has 0 amide bonds. The lowest BCUT2D eigenvalue weighted by Crippen LogP contribution is -2.39. The van der Waals surface area contributed by atoms with Crippen LogP contribution in [0.4, 0.5) is 4.39 Å². The smallest absolute Gasteiger partial charge is 0.191 e. The van der Waals surface area contributed by atoms with Gasteiger partial charge in [0, 0.05) is 42.9 Å². The quantitative estimate of drug-likeness (QED) is 0.297. The van der Waals surface area contributed by atoms with Gasteiger partial charge in [0.1, 0.15) is 17.5 Å². The van der Waals surface area contributed by atoms with E-state index in [1.54, 1.807) is 6.07 Å². The van der Waals surface area contributed by atoms with Crippen molar-refractivity contribution in [2.45, 2.75) is 64.8 Å². The van der Waals surface area contributed by atoms with E-state index < -0.39 is 0 Å². The average Bonchev–Trinajstić information content (AvgIpc) is 2.92. The lowest BCUT2D eigenvalue weighted by atomic mass is 9.84. The standard InChI is InChI=1S/C22H32ClFN6.HI/c1-4-25-21(27-15-22(2,3)17-10-9-16(24)14-18(17)23)26-12-11-20-29-28-19-8-6-5-7-13-30(19)20;/h9-10,14H,4-8,11-13,15H2,1-3H3,(H2,25,26,27);1H. The fourth-order valence-electron chi connectivity index (χ4n) is 3.76. The van der Waals surface area contributed by atoms with Gasteiger partial charge in [-0.25, -0.2) is 4.39 Å². The predicted octanol–water partition coefficient (Wildman–Crippen LogP) is 4.49. The number of aryl methyl sites for hydroxylation is 1. The monoisotopic (exact) mass is 562 g/mol. The molecule has 0 spiro atoms. The van der Waals surface area contributed by atoms with E-state index in [0.717, 1.165) is 55.6 Å². The highest BCUT2D eigenvalue weighted by Crippen LogP contribution is 2.30. The first-order valence-corrected chi connectivity index (χ1v) is 11.2. The molecule has 1 aliphatic heterocycles. The molecule has 3 rings (SSSR count). The van der Waals surface area contributed by atoms with Gasteiger partial charge in [0.15, 0.2) is 5.96 Å². The molecule has 2 heterocycles. The molecule has 0 atom stereocenters. The molecule has 1 aromatic carbocycles. The molecular weight excluding hydrogens is 530 g/mol. The molecule has 0 saturated carbocycles. The van der Waals surface area contributed by atoms with Crippen molar-refractivity contribution >= 4 is 41.5 Å². The van der Waals surface area contributed by atoms with Crippen molar-refractivity contribution in [3.8, 4) is 0 Å². The maximum absolute atomic E-state index is 13.4. The van der Waals surface area contributed by atoms with Crippen LogP contribution in [-0.4, -0.2) is 40.4 Å². The van der Waals surface area contributed by atoms with Crippen LogP contribution in [0.3, 0.4) is 0 Å². The summed E-state index contributed by atoms with van der Waals surface area (Å²) in [4.78, 5) is 4.75. The van der Waals surface area contributed by atoms with Crippen LogP contribution in [-0.2, 0) is 24.8 Å². The van der Waals surface area contributed by atoms with E-state index in [0.29, 0.717) is 11.6 Å². The minimum absolute atomic E-state index is 0. The van der Waals surface area contributed by atoms with Gasteiger partial charge in [-0.2, -0.15) is 0 Å². The number of hydrogen-bond donors (Lipinski definition) is 2. The van der Waals surface area contributed by atoms with Gasteiger partial charge in [-0.1, -0.05) is 37.9 Å². The molecule has 172 valence electrons. The van der Waals surface area contributed by atoms with Gasteiger partial charge in [0.2, 0.25) is 0 Å². The zero-order chi connectivity index (χ0) is 21.6. The minimum atomic E-state index is -0.329. The number of halogens is 3. The third-order valence-corrected chi connectivity index (χ3v) is 5.78.